The highest BCUT2D eigenvalue weighted by Gasteiger charge is 2.23. The summed E-state index contributed by atoms with van der Waals surface area (Å²) < 4.78 is 49.9. The van der Waals surface area contributed by atoms with Gasteiger partial charge in [-0.1, -0.05) is 26.0 Å². The second-order valence-corrected chi connectivity index (χ2v) is 11.0. The number of halogens is 1. The predicted octanol–water partition coefficient (Wildman–Crippen LogP) is 3.72. The van der Waals surface area contributed by atoms with Crippen molar-refractivity contribution in [1.29, 1.82) is 0 Å². The average molecular weight is 540 g/mol. The van der Waals surface area contributed by atoms with Crippen LogP contribution in [0.4, 0.5) is 10.3 Å². The van der Waals surface area contributed by atoms with Crippen LogP contribution in [0.15, 0.2) is 30.3 Å². The fourth-order valence-electron chi connectivity index (χ4n) is 3.63. The summed E-state index contributed by atoms with van der Waals surface area (Å²) in [5.74, 6) is -0.569. The van der Waals surface area contributed by atoms with E-state index in [1.807, 2.05) is 27.7 Å². The van der Waals surface area contributed by atoms with Crippen LogP contribution in [-0.2, 0) is 19.5 Å². The number of nitrogens with zero attached hydrogens (tertiary/aromatic N) is 3. The largest absolute Gasteiger partial charge is 0.393 e. The van der Waals surface area contributed by atoms with E-state index < -0.39 is 34.3 Å². The Morgan fingerprint density at radius 1 is 1.05 bits per heavy atom. The number of benzene rings is 1. The van der Waals surface area contributed by atoms with E-state index in [9.17, 15) is 23.0 Å². The first-order chi connectivity index (χ1) is 17.4. The molecule has 2 atom stereocenters. The summed E-state index contributed by atoms with van der Waals surface area (Å²) >= 11 is 0. The van der Waals surface area contributed by atoms with Gasteiger partial charge in [0.15, 0.2) is 6.29 Å². The number of hydrogen-bond donors (Lipinski definition) is 2. The maximum atomic E-state index is 13.6. The van der Waals surface area contributed by atoms with Gasteiger partial charge in [-0.3, -0.25) is 0 Å². The number of aliphatic hydroxyl groups excluding tert-OH is 2. The molecule has 11 heteroatoms. The quantitative estimate of drug-likeness (QED) is 0.349. The zero-order chi connectivity index (χ0) is 27.8. The van der Waals surface area contributed by atoms with Crippen LogP contribution in [0.5, 0.6) is 0 Å². The SMILES string of the molecule is CCOC(CC(O)CC(O)/C=C/c1c(-c2ccc(F)cc2)nc(N(C)S(C)(=O)=O)nc1C(C)C)OCC. The summed E-state index contributed by atoms with van der Waals surface area (Å²) in [6.45, 7) is 8.35. The average Bonchev–Trinajstić information content (AvgIpc) is 2.82. The number of rotatable bonds is 14. The lowest BCUT2D eigenvalue weighted by Gasteiger charge is -2.21. The first-order valence-corrected chi connectivity index (χ1v) is 14.1. The van der Waals surface area contributed by atoms with Gasteiger partial charge in [-0.25, -0.2) is 27.1 Å². The Hall–Kier alpha value is -2.44. The van der Waals surface area contributed by atoms with Crippen LogP contribution < -0.4 is 4.31 Å². The first kappa shape index (κ1) is 30.8. The van der Waals surface area contributed by atoms with E-state index in [1.165, 1.54) is 25.3 Å². The van der Waals surface area contributed by atoms with Gasteiger partial charge in [0.05, 0.1) is 29.9 Å². The van der Waals surface area contributed by atoms with E-state index in [-0.39, 0.29) is 24.7 Å². The molecule has 0 radical (unpaired) electrons. The van der Waals surface area contributed by atoms with E-state index >= 15 is 0 Å². The van der Waals surface area contributed by atoms with Crippen LogP contribution in [0.3, 0.4) is 0 Å². The third-order valence-corrected chi connectivity index (χ3v) is 6.73. The topological polar surface area (TPSA) is 122 Å². The van der Waals surface area contributed by atoms with Crippen LogP contribution in [0.25, 0.3) is 17.3 Å². The minimum Gasteiger partial charge on any atom is -0.393 e. The molecule has 2 aromatic rings. The summed E-state index contributed by atoms with van der Waals surface area (Å²) in [5.41, 5.74) is 2.05. The maximum absolute atomic E-state index is 13.6. The molecule has 0 saturated carbocycles. The fourth-order valence-corrected chi connectivity index (χ4v) is 4.01. The molecule has 0 aliphatic rings. The second-order valence-electron chi connectivity index (χ2n) is 8.96. The molecule has 1 aromatic carbocycles. The molecule has 2 rings (SSSR count). The smallest absolute Gasteiger partial charge is 0.239 e. The van der Waals surface area contributed by atoms with Crippen molar-refractivity contribution >= 4 is 22.0 Å². The second kappa shape index (κ2) is 13.9. The number of hydrogen-bond acceptors (Lipinski definition) is 8. The molecule has 9 nitrogen and oxygen atoms in total. The molecule has 0 fully saturated rings. The van der Waals surface area contributed by atoms with E-state index in [0.717, 1.165) is 10.6 Å². The van der Waals surface area contributed by atoms with Crippen LogP contribution >= 0.6 is 0 Å². The van der Waals surface area contributed by atoms with Crippen molar-refractivity contribution in [1.82, 2.24) is 9.97 Å². The van der Waals surface area contributed by atoms with Gasteiger partial charge in [0.2, 0.25) is 16.0 Å². The highest BCUT2D eigenvalue weighted by Crippen LogP contribution is 2.31. The molecule has 2 N–H and O–H groups in total. The van der Waals surface area contributed by atoms with Gasteiger partial charge in [0.1, 0.15) is 5.82 Å². The lowest BCUT2D eigenvalue weighted by atomic mass is 9.97. The molecular weight excluding hydrogens is 501 g/mol. The summed E-state index contributed by atoms with van der Waals surface area (Å²) in [6, 6.07) is 5.67. The standard InChI is InChI=1S/C26H38FN3O6S/c1-7-35-23(36-8-2)16-21(32)15-20(31)13-14-22-24(17(3)4)28-26(30(5)37(6,33)34)29-25(22)18-9-11-19(27)12-10-18/h9-14,17,20-21,23,31-32H,7-8,15-16H2,1-6H3/b14-13+. The predicted molar refractivity (Wildman–Crippen MR) is 142 cm³/mol. The Morgan fingerprint density at radius 3 is 2.16 bits per heavy atom. The normalized spacial score (nSPS) is 14.0. The maximum Gasteiger partial charge on any atom is 0.239 e. The Kier molecular flexibility index (Phi) is 11.6. The Morgan fingerprint density at radius 2 is 1.65 bits per heavy atom. The van der Waals surface area contributed by atoms with E-state index in [2.05, 4.69) is 9.97 Å². The van der Waals surface area contributed by atoms with E-state index in [0.29, 0.717) is 35.7 Å². The number of aliphatic hydroxyl groups is 2. The molecule has 37 heavy (non-hydrogen) atoms. The summed E-state index contributed by atoms with van der Waals surface area (Å²) in [4.78, 5) is 9.01. The van der Waals surface area contributed by atoms with Gasteiger partial charge in [-0.05, 0) is 44.0 Å². The van der Waals surface area contributed by atoms with Gasteiger partial charge in [-0.15, -0.1) is 0 Å². The van der Waals surface area contributed by atoms with Crippen molar-refractivity contribution in [3.05, 3.63) is 47.4 Å². The third kappa shape index (κ3) is 9.11. The molecule has 206 valence electrons. The van der Waals surface area contributed by atoms with Crippen LogP contribution in [0, 0.1) is 5.82 Å². The van der Waals surface area contributed by atoms with Gasteiger partial charge in [-0.2, -0.15) is 0 Å². The molecule has 0 spiro atoms. The third-order valence-electron chi connectivity index (χ3n) is 5.58. The van der Waals surface area contributed by atoms with Crippen molar-refractivity contribution in [2.45, 2.75) is 65.0 Å². The monoisotopic (exact) mass is 539 g/mol. The molecule has 0 aliphatic carbocycles. The molecule has 2 unspecified atom stereocenters. The lowest BCUT2D eigenvalue weighted by Crippen LogP contribution is -2.27. The van der Waals surface area contributed by atoms with Crippen molar-refractivity contribution in [2.75, 3.05) is 30.8 Å². The zero-order valence-corrected chi connectivity index (χ0v) is 23.1. The summed E-state index contributed by atoms with van der Waals surface area (Å²) in [7, 11) is -2.27. The molecule has 0 aliphatic heterocycles. The number of aromatic nitrogens is 2. The fraction of sp³-hybridized carbons (Fsp3) is 0.538. The molecule has 1 aromatic heterocycles. The van der Waals surface area contributed by atoms with Gasteiger partial charge >= 0.3 is 0 Å². The van der Waals surface area contributed by atoms with E-state index in [1.54, 1.807) is 18.2 Å². The van der Waals surface area contributed by atoms with Crippen LogP contribution in [0.1, 0.15) is 57.7 Å². The molecule has 0 amide bonds. The molecule has 0 bridgehead atoms. The van der Waals surface area contributed by atoms with Crippen molar-refractivity contribution in [3.63, 3.8) is 0 Å². The van der Waals surface area contributed by atoms with Gasteiger partial charge in [0, 0.05) is 44.2 Å². The number of sulfonamides is 1. The van der Waals surface area contributed by atoms with Crippen molar-refractivity contribution in [2.24, 2.45) is 0 Å². The molecule has 1 heterocycles. The summed E-state index contributed by atoms with van der Waals surface area (Å²) in [5, 5.41) is 21.1. The molecular formula is C26H38FN3O6S. The minimum atomic E-state index is -3.63. The lowest BCUT2D eigenvalue weighted by molar-refractivity contribution is -0.154. The zero-order valence-electron chi connectivity index (χ0n) is 22.3. The van der Waals surface area contributed by atoms with Crippen molar-refractivity contribution in [3.8, 4) is 11.3 Å². The Labute approximate surface area is 219 Å². The number of anilines is 1. The van der Waals surface area contributed by atoms with Gasteiger partial charge in [0.25, 0.3) is 0 Å². The minimum absolute atomic E-state index is 0.0171. The first-order valence-electron chi connectivity index (χ1n) is 12.3. The molecule has 0 saturated heterocycles. The van der Waals surface area contributed by atoms with Crippen LogP contribution in [0.2, 0.25) is 0 Å². The highest BCUT2D eigenvalue weighted by molar-refractivity contribution is 7.92. The summed E-state index contributed by atoms with van der Waals surface area (Å²) in [6.07, 6.45) is 2.05. The van der Waals surface area contributed by atoms with Crippen LogP contribution in [-0.4, -0.2) is 73.6 Å². The van der Waals surface area contributed by atoms with E-state index in [4.69, 9.17) is 9.47 Å². The Bertz CT molecular complexity index is 1140. The number of ether oxygens (including phenoxy) is 2. The highest BCUT2D eigenvalue weighted by atomic mass is 32.2. The van der Waals surface area contributed by atoms with Crippen molar-refractivity contribution < 1.29 is 32.5 Å². The Balaban J connectivity index is 2.46. The van der Waals surface area contributed by atoms with Gasteiger partial charge < -0.3 is 19.7 Å².